The van der Waals surface area contributed by atoms with Gasteiger partial charge in [-0.3, -0.25) is 4.79 Å². The van der Waals surface area contributed by atoms with Gasteiger partial charge in [-0.05, 0) is 32.1 Å². The minimum Gasteiger partial charge on any atom is -0.359 e. The van der Waals surface area contributed by atoms with Crippen molar-refractivity contribution in [2.24, 2.45) is 11.3 Å². The molecule has 0 amide bonds. The highest BCUT2D eigenvalue weighted by Gasteiger charge is 2.68. The number of ether oxygens (including phenoxy) is 3. The van der Waals surface area contributed by atoms with Gasteiger partial charge in [0.1, 0.15) is 5.78 Å². The van der Waals surface area contributed by atoms with Crippen LogP contribution in [0.15, 0.2) is 37.5 Å². The smallest absolute Gasteiger partial charge is 0.174 e. The SMILES string of the molecule is C=CCCC[C@@]12C=C[C@@]([C@@H]3CCC4(OCCO4)[C@@]3(C)CC=C)(CC(=O)C1)O2. The van der Waals surface area contributed by atoms with Crippen molar-refractivity contribution in [3.8, 4) is 0 Å². The Morgan fingerprint density at radius 2 is 1.96 bits per heavy atom. The third kappa shape index (κ3) is 2.80. The van der Waals surface area contributed by atoms with Gasteiger partial charge in [-0.25, -0.2) is 0 Å². The molecule has 4 atom stereocenters. The van der Waals surface area contributed by atoms with Crippen LogP contribution in [0.4, 0.5) is 0 Å². The third-order valence-corrected chi connectivity index (χ3v) is 7.35. The fourth-order valence-electron chi connectivity index (χ4n) is 6.23. The maximum absolute atomic E-state index is 12.8. The average Bonchev–Trinajstić information content (AvgIpc) is 3.28. The van der Waals surface area contributed by atoms with Crippen molar-refractivity contribution in [1.82, 2.24) is 0 Å². The van der Waals surface area contributed by atoms with Gasteiger partial charge in [-0.2, -0.15) is 0 Å². The van der Waals surface area contributed by atoms with Crippen LogP contribution in [0, 0.1) is 11.3 Å². The largest absolute Gasteiger partial charge is 0.359 e. The number of allylic oxidation sites excluding steroid dienone is 2. The van der Waals surface area contributed by atoms with E-state index < -0.39 is 17.0 Å². The van der Waals surface area contributed by atoms with Crippen molar-refractivity contribution in [3.63, 3.8) is 0 Å². The summed E-state index contributed by atoms with van der Waals surface area (Å²) in [5.74, 6) is -0.102. The van der Waals surface area contributed by atoms with Gasteiger partial charge in [0.05, 0.1) is 24.4 Å². The molecule has 2 saturated heterocycles. The third-order valence-electron chi connectivity index (χ3n) is 7.35. The molecule has 4 heteroatoms. The molecule has 0 radical (unpaired) electrons. The van der Waals surface area contributed by atoms with E-state index in [9.17, 15) is 4.79 Å². The van der Waals surface area contributed by atoms with Gasteiger partial charge in [0.2, 0.25) is 0 Å². The van der Waals surface area contributed by atoms with Crippen LogP contribution in [-0.4, -0.2) is 36.0 Å². The van der Waals surface area contributed by atoms with E-state index in [0.717, 1.165) is 38.5 Å². The maximum Gasteiger partial charge on any atom is 0.174 e. The first-order valence-corrected chi connectivity index (χ1v) is 10.4. The lowest BCUT2D eigenvalue weighted by atomic mass is 9.65. The van der Waals surface area contributed by atoms with E-state index in [1.807, 2.05) is 12.2 Å². The molecular formula is C23H32O4. The molecule has 4 nitrogen and oxygen atoms in total. The normalized spacial score (nSPS) is 42.1. The number of unbranched alkanes of at least 4 members (excludes halogenated alkanes) is 1. The fourth-order valence-corrected chi connectivity index (χ4v) is 6.23. The van der Waals surface area contributed by atoms with E-state index in [2.05, 4.69) is 32.2 Å². The first-order valence-electron chi connectivity index (χ1n) is 10.4. The predicted molar refractivity (Wildman–Crippen MR) is 104 cm³/mol. The number of hydrogen-bond donors (Lipinski definition) is 0. The van der Waals surface area contributed by atoms with Gasteiger partial charge in [0.15, 0.2) is 5.79 Å². The second kappa shape index (κ2) is 6.68. The molecule has 4 aliphatic rings. The summed E-state index contributed by atoms with van der Waals surface area (Å²) in [6.07, 6.45) is 14.6. The van der Waals surface area contributed by atoms with Crippen LogP contribution in [-0.2, 0) is 19.0 Å². The molecule has 148 valence electrons. The van der Waals surface area contributed by atoms with Crippen molar-refractivity contribution in [1.29, 1.82) is 0 Å². The molecule has 0 aromatic rings. The molecule has 0 aromatic carbocycles. The summed E-state index contributed by atoms with van der Waals surface area (Å²) in [6.45, 7) is 11.3. The van der Waals surface area contributed by atoms with Crippen molar-refractivity contribution < 1.29 is 19.0 Å². The number of rotatable bonds is 7. The standard InChI is InChI=1S/C23H32O4/c1-4-6-7-10-21-12-13-22(27-21,17-18(24)16-21)19-8-11-23(25-14-15-26-23)20(19,3)9-5-2/h4-5,12-13,19H,1-2,6-11,14-17H2,3H3/t19-,20+,21-,22+/m1/s1. The molecule has 0 aromatic heterocycles. The fraction of sp³-hybridized carbons (Fsp3) is 0.696. The van der Waals surface area contributed by atoms with Gasteiger partial charge in [0.25, 0.3) is 0 Å². The van der Waals surface area contributed by atoms with Crippen molar-refractivity contribution in [2.75, 3.05) is 13.2 Å². The molecule has 0 N–H and O–H groups in total. The van der Waals surface area contributed by atoms with Crippen LogP contribution < -0.4 is 0 Å². The Bertz CT molecular complexity index is 661. The Morgan fingerprint density at radius 1 is 1.19 bits per heavy atom. The Hall–Kier alpha value is -1.23. The number of hydrogen-bond acceptors (Lipinski definition) is 4. The second-order valence-electron chi connectivity index (χ2n) is 8.98. The summed E-state index contributed by atoms with van der Waals surface area (Å²) in [4.78, 5) is 12.8. The zero-order valence-corrected chi connectivity index (χ0v) is 16.5. The van der Waals surface area contributed by atoms with Gasteiger partial charge in [-0.1, -0.05) is 31.2 Å². The first kappa shape index (κ1) is 19.1. The lowest BCUT2D eigenvalue weighted by Gasteiger charge is -2.50. The number of carbonyl (C=O) groups is 1. The molecule has 0 unspecified atom stereocenters. The average molecular weight is 373 g/mol. The summed E-state index contributed by atoms with van der Waals surface area (Å²) in [5.41, 5.74) is -1.24. The quantitative estimate of drug-likeness (QED) is 0.487. The number of carbonyl (C=O) groups excluding carboxylic acids is 1. The van der Waals surface area contributed by atoms with E-state index in [0.29, 0.717) is 31.8 Å². The van der Waals surface area contributed by atoms with Crippen LogP contribution in [0.5, 0.6) is 0 Å². The molecule has 1 spiro atoms. The van der Waals surface area contributed by atoms with Crippen LogP contribution in [0.2, 0.25) is 0 Å². The van der Waals surface area contributed by atoms with Gasteiger partial charge < -0.3 is 14.2 Å². The summed E-state index contributed by atoms with van der Waals surface area (Å²) in [5, 5.41) is 0. The zero-order chi connectivity index (χ0) is 19.2. The summed E-state index contributed by atoms with van der Waals surface area (Å²) in [6, 6.07) is 0. The minimum absolute atomic E-state index is 0.169. The summed E-state index contributed by atoms with van der Waals surface area (Å²) in [7, 11) is 0. The van der Waals surface area contributed by atoms with E-state index >= 15 is 0 Å². The highest BCUT2D eigenvalue weighted by atomic mass is 16.7. The molecular weight excluding hydrogens is 340 g/mol. The molecule has 2 bridgehead atoms. The number of ketones is 1. The minimum atomic E-state index is -0.577. The molecule has 1 saturated carbocycles. The Balaban J connectivity index is 1.65. The van der Waals surface area contributed by atoms with Crippen molar-refractivity contribution in [2.45, 2.75) is 75.3 Å². The maximum atomic E-state index is 12.8. The second-order valence-corrected chi connectivity index (χ2v) is 8.98. The molecule has 3 aliphatic heterocycles. The van der Waals surface area contributed by atoms with E-state index in [4.69, 9.17) is 14.2 Å². The first-order chi connectivity index (χ1) is 12.9. The van der Waals surface area contributed by atoms with Crippen LogP contribution >= 0.6 is 0 Å². The Kier molecular flexibility index (Phi) is 4.73. The van der Waals surface area contributed by atoms with Crippen LogP contribution in [0.1, 0.15) is 58.3 Å². The Morgan fingerprint density at radius 3 is 2.67 bits per heavy atom. The molecule has 27 heavy (non-hydrogen) atoms. The number of fused-ring (bicyclic) bond motifs is 2. The van der Waals surface area contributed by atoms with Gasteiger partial charge in [-0.15, -0.1) is 13.2 Å². The molecule has 1 aliphatic carbocycles. The van der Waals surface area contributed by atoms with Crippen molar-refractivity contribution in [3.05, 3.63) is 37.5 Å². The monoisotopic (exact) mass is 372 g/mol. The predicted octanol–water partition coefficient (Wildman–Crippen LogP) is 4.51. The summed E-state index contributed by atoms with van der Waals surface area (Å²) >= 11 is 0. The Labute approximate surface area is 162 Å². The van der Waals surface area contributed by atoms with Crippen LogP contribution in [0.25, 0.3) is 0 Å². The molecule has 3 heterocycles. The van der Waals surface area contributed by atoms with E-state index in [1.54, 1.807) is 0 Å². The highest BCUT2D eigenvalue weighted by Crippen LogP contribution is 2.64. The van der Waals surface area contributed by atoms with Gasteiger partial charge in [0, 0.05) is 30.6 Å². The topological polar surface area (TPSA) is 44.8 Å². The van der Waals surface area contributed by atoms with Crippen LogP contribution in [0.3, 0.4) is 0 Å². The zero-order valence-electron chi connectivity index (χ0n) is 16.5. The van der Waals surface area contributed by atoms with Gasteiger partial charge >= 0.3 is 0 Å². The highest BCUT2D eigenvalue weighted by molar-refractivity contribution is 5.83. The molecule has 4 rings (SSSR count). The molecule has 3 fully saturated rings. The number of Topliss-reactive ketones (excluding diaryl/α,β-unsaturated/α-hetero) is 1. The lowest BCUT2D eigenvalue weighted by molar-refractivity contribution is -0.244. The lowest BCUT2D eigenvalue weighted by Crippen LogP contribution is -2.56. The van der Waals surface area contributed by atoms with E-state index in [-0.39, 0.29) is 11.3 Å². The van der Waals surface area contributed by atoms with Crippen molar-refractivity contribution >= 4 is 5.78 Å². The summed E-state index contributed by atoms with van der Waals surface area (Å²) < 4.78 is 19.2. The van der Waals surface area contributed by atoms with E-state index in [1.165, 1.54) is 0 Å².